The van der Waals surface area contributed by atoms with Gasteiger partial charge in [0.15, 0.2) is 5.76 Å². The maximum atomic E-state index is 12.7. The molecule has 0 spiro atoms. The molecule has 1 saturated heterocycles. The van der Waals surface area contributed by atoms with E-state index < -0.39 is 10.0 Å². The van der Waals surface area contributed by atoms with Crippen molar-refractivity contribution in [1.82, 2.24) is 4.31 Å². The highest BCUT2D eigenvalue weighted by Crippen LogP contribution is 2.23. The first kappa shape index (κ1) is 17.8. The van der Waals surface area contributed by atoms with Crippen LogP contribution in [-0.4, -0.2) is 31.7 Å². The van der Waals surface area contributed by atoms with Crippen LogP contribution in [0.15, 0.2) is 63.9 Å². The van der Waals surface area contributed by atoms with Crippen LogP contribution in [0.1, 0.15) is 29.8 Å². The highest BCUT2D eigenvalue weighted by atomic mass is 32.2. The van der Waals surface area contributed by atoms with Crippen LogP contribution in [0, 0.1) is 0 Å². The van der Waals surface area contributed by atoms with Gasteiger partial charge in [0, 0.05) is 24.2 Å². The van der Waals surface area contributed by atoms with E-state index in [9.17, 15) is 13.2 Å². The molecule has 3 aromatic rings. The van der Waals surface area contributed by atoms with Crippen LogP contribution < -0.4 is 5.32 Å². The van der Waals surface area contributed by atoms with Crippen LogP contribution in [0.4, 0.5) is 5.69 Å². The molecule has 2 aromatic carbocycles. The molecule has 4 rings (SSSR count). The smallest absolute Gasteiger partial charge is 0.291 e. The molecule has 7 heteroatoms. The lowest BCUT2D eigenvalue weighted by atomic mass is 10.2. The second-order valence-corrected chi connectivity index (χ2v) is 8.53. The minimum absolute atomic E-state index is 0.209. The van der Waals surface area contributed by atoms with Gasteiger partial charge in [-0.2, -0.15) is 4.31 Å². The molecule has 0 bridgehead atoms. The number of carbonyl (C=O) groups excluding carboxylic acids is 1. The average Bonchev–Trinajstić information content (AvgIpc) is 3.13. The molecule has 0 saturated carbocycles. The Labute approximate surface area is 157 Å². The normalized spacial score (nSPS) is 15.7. The lowest BCUT2D eigenvalue weighted by Crippen LogP contribution is -2.35. The summed E-state index contributed by atoms with van der Waals surface area (Å²) in [5, 5.41) is 3.59. The fraction of sp³-hybridized carbons (Fsp3) is 0.250. The van der Waals surface area contributed by atoms with E-state index in [0.717, 1.165) is 24.6 Å². The second kappa shape index (κ2) is 7.17. The number of furan rings is 1. The van der Waals surface area contributed by atoms with Gasteiger partial charge in [0.05, 0.1) is 4.90 Å². The number of piperidine rings is 1. The van der Waals surface area contributed by atoms with Crippen molar-refractivity contribution in [1.29, 1.82) is 0 Å². The molecular weight excluding hydrogens is 364 g/mol. The van der Waals surface area contributed by atoms with Gasteiger partial charge >= 0.3 is 0 Å². The van der Waals surface area contributed by atoms with E-state index >= 15 is 0 Å². The van der Waals surface area contributed by atoms with Crippen molar-refractivity contribution in [3.63, 3.8) is 0 Å². The Morgan fingerprint density at radius 3 is 2.37 bits per heavy atom. The second-order valence-electron chi connectivity index (χ2n) is 6.59. The molecule has 1 aromatic heterocycles. The number of anilines is 1. The number of sulfonamides is 1. The zero-order chi connectivity index (χ0) is 18.9. The zero-order valence-corrected chi connectivity index (χ0v) is 15.5. The van der Waals surface area contributed by atoms with Gasteiger partial charge in [0.1, 0.15) is 5.58 Å². The summed E-state index contributed by atoms with van der Waals surface area (Å²) >= 11 is 0. The van der Waals surface area contributed by atoms with E-state index in [-0.39, 0.29) is 16.6 Å². The van der Waals surface area contributed by atoms with E-state index in [1.165, 1.54) is 16.4 Å². The van der Waals surface area contributed by atoms with Gasteiger partial charge in [0.2, 0.25) is 10.0 Å². The summed E-state index contributed by atoms with van der Waals surface area (Å²) in [5.41, 5.74) is 1.16. The number of fused-ring (bicyclic) bond motifs is 1. The van der Waals surface area contributed by atoms with Crippen LogP contribution in [-0.2, 0) is 10.0 Å². The quantitative estimate of drug-likeness (QED) is 0.741. The fourth-order valence-electron chi connectivity index (χ4n) is 3.25. The van der Waals surface area contributed by atoms with Crippen LogP contribution in [0.5, 0.6) is 0 Å². The number of carbonyl (C=O) groups is 1. The van der Waals surface area contributed by atoms with Crippen molar-refractivity contribution in [2.45, 2.75) is 24.2 Å². The standard InChI is InChI=1S/C20H20N2O4S/c23-20(19-14-15-6-2-3-7-18(15)26-19)21-16-8-10-17(11-9-16)27(24,25)22-12-4-1-5-13-22/h2-3,6-11,14H,1,4-5,12-13H2,(H,21,23). The minimum Gasteiger partial charge on any atom is -0.451 e. The van der Waals surface area contributed by atoms with Gasteiger partial charge in [0.25, 0.3) is 5.91 Å². The molecule has 1 aliphatic heterocycles. The molecule has 1 N–H and O–H groups in total. The first-order valence-corrected chi connectivity index (χ1v) is 10.4. The number of nitrogens with one attached hydrogen (secondary N) is 1. The molecular formula is C20H20N2O4S. The van der Waals surface area contributed by atoms with Gasteiger partial charge in [-0.25, -0.2) is 8.42 Å². The summed E-state index contributed by atoms with van der Waals surface area (Å²) in [5.74, 6) is -0.168. The van der Waals surface area contributed by atoms with Gasteiger partial charge in [-0.3, -0.25) is 4.79 Å². The number of hydrogen-bond donors (Lipinski definition) is 1. The molecule has 1 fully saturated rings. The number of amides is 1. The van der Waals surface area contributed by atoms with Gasteiger partial charge in [-0.15, -0.1) is 0 Å². The predicted octanol–water partition coefficient (Wildman–Crippen LogP) is 3.86. The van der Waals surface area contributed by atoms with Crippen molar-refractivity contribution < 1.29 is 17.6 Å². The zero-order valence-electron chi connectivity index (χ0n) is 14.7. The summed E-state index contributed by atoms with van der Waals surface area (Å²) in [6.45, 7) is 1.12. The van der Waals surface area contributed by atoms with Crippen molar-refractivity contribution in [2.75, 3.05) is 18.4 Å². The number of para-hydroxylation sites is 1. The molecule has 140 valence electrons. The maximum absolute atomic E-state index is 12.7. The summed E-state index contributed by atoms with van der Waals surface area (Å²) < 4.78 is 32.4. The molecule has 0 aliphatic carbocycles. The summed E-state index contributed by atoms with van der Waals surface area (Å²) in [6.07, 6.45) is 2.86. The van der Waals surface area contributed by atoms with E-state index in [0.29, 0.717) is 24.4 Å². The Morgan fingerprint density at radius 2 is 1.67 bits per heavy atom. The highest BCUT2D eigenvalue weighted by Gasteiger charge is 2.25. The lowest BCUT2D eigenvalue weighted by Gasteiger charge is -2.25. The maximum Gasteiger partial charge on any atom is 0.291 e. The lowest BCUT2D eigenvalue weighted by molar-refractivity contribution is 0.0998. The summed E-state index contributed by atoms with van der Waals surface area (Å²) in [4.78, 5) is 12.6. The van der Waals surface area contributed by atoms with E-state index in [1.807, 2.05) is 18.2 Å². The molecule has 0 atom stereocenters. The van der Waals surface area contributed by atoms with E-state index in [1.54, 1.807) is 24.3 Å². The topological polar surface area (TPSA) is 79.6 Å². The molecule has 1 aliphatic rings. The van der Waals surface area contributed by atoms with Gasteiger partial charge in [-0.1, -0.05) is 24.6 Å². The van der Waals surface area contributed by atoms with E-state index in [2.05, 4.69) is 5.32 Å². The third kappa shape index (κ3) is 3.61. The summed E-state index contributed by atoms with van der Waals surface area (Å²) in [6, 6.07) is 15.3. The Bertz CT molecular complexity index is 1030. The number of rotatable bonds is 4. The predicted molar refractivity (Wildman–Crippen MR) is 103 cm³/mol. The largest absolute Gasteiger partial charge is 0.451 e. The molecule has 2 heterocycles. The minimum atomic E-state index is -3.47. The Balaban J connectivity index is 1.49. The third-order valence-electron chi connectivity index (χ3n) is 4.71. The first-order valence-electron chi connectivity index (χ1n) is 8.94. The molecule has 0 unspecified atom stereocenters. The van der Waals surface area contributed by atoms with Crippen molar-refractivity contribution in [3.8, 4) is 0 Å². The summed E-state index contributed by atoms with van der Waals surface area (Å²) in [7, 11) is -3.47. The van der Waals surface area contributed by atoms with E-state index in [4.69, 9.17) is 4.42 Å². The molecule has 6 nitrogen and oxygen atoms in total. The highest BCUT2D eigenvalue weighted by molar-refractivity contribution is 7.89. The molecule has 1 amide bonds. The van der Waals surface area contributed by atoms with Crippen LogP contribution in [0.3, 0.4) is 0 Å². The van der Waals surface area contributed by atoms with Crippen molar-refractivity contribution >= 4 is 32.6 Å². The van der Waals surface area contributed by atoms with Crippen molar-refractivity contribution in [3.05, 3.63) is 60.4 Å². The fourth-order valence-corrected chi connectivity index (χ4v) is 4.77. The first-order chi connectivity index (χ1) is 13.0. The SMILES string of the molecule is O=C(Nc1ccc(S(=O)(=O)N2CCCCC2)cc1)c1cc2ccccc2o1. The number of hydrogen-bond acceptors (Lipinski definition) is 4. The molecule has 27 heavy (non-hydrogen) atoms. The van der Waals surface area contributed by atoms with Crippen LogP contribution in [0.2, 0.25) is 0 Å². The Hall–Kier alpha value is -2.64. The van der Waals surface area contributed by atoms with Crippen LogP contribution >= 0.6 is 0 Å². The number of benzene rings is 2. The monoisotopic (exact) mass is 384 g/mol. The molecule has 0 radical (unpaired) electrons. The van der Waals surface area contributed by atoms with Crippen molar-refractivity contribution in [2.24, 2.45) is 0 Å². The van der Waals surface area contributed by atoms with Crippen LogP contribution in [0.25, 0.3) is 11.0 Å². The Kier molecular flexibility index (Phi) is 4.72. The third-order valence-corrected chi connectivity index (χ3v) is 6.63. The van der Waals surface area contributed by atoms with Gasteiger partial charge < -0.3 is 9.73 Å². The van der Waals surface area contributed by atoms with Gasteiger partial charge in [-0.05, 0) is 49.2 Å². The number of nitrogens with zero attached hydrogens (tertiary/aromatic N) is 1. The Morgan fingerprint density at radius 1 is 0.963 bits per heavy atom. The average molecular weight is 384 g/mol.